The van der Waals surface area contributed by atoms with Gasteiger partial charge >= 0.3 is 12.3 Å². The lowest BCUT2D eigenvalue weighted by molar-refractivity contribution is -0.224. The van der Waals surface area contributed by atoms with Crippen LogP contribution < -0.4 is 4.74 Å². The fourth-order valence-electron chi connectivity index (χ4n) is 3.22. The summed E-state index contributed by atoms with van der Waals surface area (Å²) in [6.07, 6.45) is -5.06. The third-order valence-corrected chi connectivity index (χ3v) is 4.87. The van der Waals surface area contributed by atoms with Crippen molar-refractivity contribution in [2.24, 2.45) is 0 Å². The van der Waals surface area contributed by atoms with Crippen molar-refractivity contribution >= 4 is 11.9 Å². The molecule has 0 unspecified atom stereocenters. The van der Waals surface area contributed by atoms with E-state index in [4.69, 9.17) is 9.84 Å². The van der Waals surface area contributed by atoms with E-state index in [-0.39, 0.29) is 40.4 Å². The SMILES string of the molecule is N#Cc1cc(CC(=O)O)ccc1Oc1ccc(C(=O)N(CCc2ccccc2)C(F)(F)F)cc1. The van der Waals surface area contributed by atoms with Gasteiger partial charge in [-0.25, -0.2) is 4.90 Å². The minimum atomic E-state index is -4.85. The highest BCUT2D eigenvalue weighted by atomic mass is 19.4. The van der Waals surface area contributed by atoms with Crippen LogP contribution in [0.3, 0.4) is 0 Å². The summed E-state index contributed by atoms with van der Waals surface area (Å²) in [5, 5.41) is 18.2. The first-order chi connectivity index (χ1) is 16.2. The highest BCUT2D eigenvalue weighted by Crippen LogP contribution is 2.28. The maximum absolute atomic E-state index is 13.5. The van der Waals surface area contributed by atoms with Gasteiger partial charge in [-0.2, -0.15) is 5.26 Å². The molecule has 0 atom stereocenters. The molecule has 3 aromatic carbocycles. The smallest absolute Gasteiger partial charge is 0.481 e. The number of nitriles is 1. The molecule has 6 nitrogen and oxygen atoms in total. The quantitative estimate of drug-likeness (QED) is 0.460. The molecule has 34 heavy (non-hydrogen) atoms. The lowest BCUT2D eigenvalue weighted by Crippen LogP contribution is -2.44. The third kappa shape index (κ3) is 6.36. The van der Waals surface area contributed by atoms with Crippen LogP contribution in [-0.2, 0) is 17.6 Å². The predicted molar refractivity (Wildman–Crippen MR) is 116 cm³/mol. The number of aliphatic carboxylic acids is 1. The number of benzene rings is 3. The zero-order chi connectivity index (χ0) is 24.7. The summed E-state index contributed by atoms with van der Waals surface area (Å²) >= 11 is 0. The summed E-state index contributed by atoms with van der Waals surface area (Å²) in [6, 6.07) is 19.9. The second kappa shape index (κ2) is 10.5. The first-order valence-electron chi connectivity index (χ1n) is 10.1. The van der Waals surface area contributed by atoms with Crippen molar-refractivity contribution in [3.05, 3.63) is 95.1 Å². The van der Waals surface area contributed by atoms with Crippen LogP contribution in [0.1, 0.15) is 27.0 Å². The van der Waals surface area contributed by atoms with Gasteiger partial charge in [-0.3, -0.25) is 9.59 Å². The van der Waals surface area contributed by atoms with Crippen molar-refractivity contribution in [1.82, 2.24) is 4.90 Å². The largest absolute Gasteiger partial charge is 0.487 e. The molecular weight excluding hydrogens is 449 g/mol. The number of hydrogen-bond acceptors (Lipinski definition) is 4. The van der Waals surface area contributed by atoms with Crippen molar-refractivity contribution < 1.29 is 32.6 Å². The lowest BCUT2D eigenvalue weighted by atomic mass is 10.1. The summed E-state index contributed by atoms with van der Waals surface area (Å²) in [6.45, 7) is -0.529. The Bertz CT molecular complexity index is 1200. The molecule has 3 rings (SSSR count). The number of carbonyl (C=O) groups excluding carboxylic acids is 1. The van der Waals surface area contributed by atoms with E-state index in [1.54, 1.807) is 30.3 Å². The minimum absolute atomic E-state index is 0.0437. The maximum atomic E-state index is 13.5. The Hall–Kier alpha value is -4.32. The number of nitrogens with zero attached hydrogens (tertiary/aromatic N) is 2. The Morgan fingerprint density at radius 1 is 0.971 bits per heavy atom. The number of carboxylic acid groups (broad SMARTS) is 1. The molecule has 0 saturated heterocycles. The topological polar surface area (TPSA) is 90.6 Å². The Labute approximate surface area is 193 Å². The van der Waals surface area contributed by atoms with Crippen LogP contribution in [0.25, 0.3) is 0 Å². The maximum Gasteiger partial charge on any atom is 0.487 e. The van der Waals surface area contributed by atoms with E-state index in [0.29, 0.717) is 11.1 Å². The molecule has 0 heterocycles. The van der Waals surface area contributed by atoms with Gasteiger partial charge in [0.15, 0.2) is 0 Å². The molecule has 0 aliphatic heterocycles. The van der Waals surface area contributed by atoms with Gasteiger partial charge in [0.05, 0.1) is 12.0 Å². The van der Waals surface area contributed by atoms with Crippen LogP contribution in [-0.4, -0.2) is 34.7 Å². The van der Waals surface area contributed by atoms with Crippen LogP contribution in [0.2, 0.25) is 0 Å². The number of carboxylic acids is 1. The van der Waals surface area contributed by atoms with E-state index < -0.39 is 24.7 Å². The Morgan fingerprint density at radius 3 is 2.24 bits per heavy atom. The van der Waals surface area contributed by atoms with Gasteiger partial charge in [-0.15, -0.1) is 13.2 Å². The van der Waals surface area contributed by atoms with E-state index in [1.807, 2.05) is 6.07 Å². The third-order valence-electron chi connectivity index (χ3n) is 4.87. The molecule has 0 aliphatic carbocycles. The summed E-state index contributed by atoms with van der Waals surface area (Å²) < 4.78 is 46.2. The molecule has 0 radical (unpaired) electrons. The zero-order valence-electron chi connectivity index (χ0n) is 17.7. The average Bonchev–Trinajstić information content (AvgIpc) is 2.80. The Morgan fingerprint density at radius 2 is 1.65 bits per heavy atom. The summed E-state index contributed by atoms with van der Waals surface area (Å²) in [7, 11) is 0. The molecule has 3 aromatic rings. The van der Waals surface area contributed by atoms with Crippen LogP contribution in [0.5, 0.6) is 11.5 Å². The van der Waals surface area contributed by atoms with Crippen LogP contribution in [0, 0.1) is 11.3 Å². The number of rotatable bonds is 8. The van der Waals surface area contributed by atoms with Gasteiger partial charge in [0.1, 0.15) is 17.6 Å². The van der Waals surface area contributed by atoms with Crippen molar-refractivity contribution in [3.8, 4) is 17.6 Å². The second-order valence-corrected chi connectivity index (χ2v) is 7.30. The van der Waals surface area contributed by atoms with Crippen LogP contribution >= 0.6 is 0 Å². The highest BCUT2D eigenvalue weighted by Gasteiger charge is 2.41. The first kappa shape index (κ1) is 24.3. The molecule has 0 spiro atoms. The van der Waals surface area contributed by atoms with Gasteiger partial charge in [0.25, 0.3) is 5.91 Å². The van der Waals surface area contributed by atoms with Crippen molar-refractivity contribution in [2.45, 2.75) is 19.1 Å². The molecule has 1 N–H and O–H groups in total. The van der Waals surface area contributed by atoms with Gasteiger partial charge < -0.3 is 9.84 Å². The zero-order valence-corrected chi connectivity index (χ0v) is 17.7. The van der Waals surface area contributed by atoms with Crippen molar-refractivity contribution in [3.63, 3.8) is 0 Å². The molecule has 1 amide bonds. The summed E-state index contributed by atoms with van der Waals surface area (Å²) in [5.74, 6) is -1.89. The molecule has 174 valence electrons. The average molecular weight is 468 g/mol. The van der Waals surface area contributed by atoms with E-state index in [9.17, 15) is 28.0 Å². The number of carbonyl (C=O) groups is 2. The van der Waals surface area contributed by atoms with E-state index in [1.165, 1.54) is 42.5 Å². The standard InChI is InChI=1S/C25H19F3N2O4/c26-25(27,28)30(13-12-17-4-2-1-3-5-17)24(33)19-7-9-21(10-8-19)34-22-11-6-18(15-23(31)32)14-20(22)16-29/h1-11,14H,12-13,15H2,(H,31,32). The van der Waals surface area contributed by atoms with Gasteiger partial charge in [0.2, 0.25) is 0 Å². The number of halogens is 3. The molecule has 0 bridgehead atoms. The van der Waals surface area contributed by atoms with E-state index in [0.717, 1.165) is 0 Å². The fourth-order valence-corrected chi connectivity index (χ4v) is 3.22. The van der Waals surface area contributed by atoms with Gasteiger partial charge in [0, 0.05) is 12.1 Å². The van der Waals surface area contributed by atoms with Crippen molar-refractivity contribution in [2.75, 3.05) is 6.54 Å². The molecular formula is C25H19F3N2O4. The monoisotopic (exact) mass is 468 g/mol. The Balaban J connectivity index is 1.74. The predicted octanol–water partition coefficient (Wildman–Crippen LogP) is 5.18. The molecule has 0 saturated carbocycles. The first-order valence-corrected chi connectivity index (χ1v) is 10.1. The summed E-state index contributed by atoms with van der Waals surface area (Å²) in [4.78, 5) is 23.3. The molecule has 9 heteroatoms. The second-order valence-electron chi connectivity index (χ2n) is 7.30. The molecule has 0 fully saturated rings. The molecule has 0 aromatic heterocycles. The fraction of sp³-hybridized carbons (Fsp3) is 0.160. The number of amides is 1. The number of hydrogen-bond donors (Lipinski definition) is 1. The number of alkyl halides is 3. The van der Waals surface area contributed by atoms with Crippen molar-refractivity contribution in [1.29, 1.82) is 5.26 Å². The van der Waals surface area contributed by atoms with Crippen LogP contribution in [0.4, 0.5) is 13.2 Å². The Kier molecular flexibility index (Phi) is 7.53. The van der Waals surface area contributed by atoms with Gasteiger partial charge in [-0.05, 0) is 53.9 Å². The number of ether oxygens (including phenoxy) is 1. The highest BCUT2D eigenvalue weighted by molar-refractivity contribution is 5.94. The molecule has 0 aliphatic rings. The van der Waals surface area contributed by atoms with E-state index >= 15 is 0 Å². The minimum Gasteiger partial charge on any atom is -0.481 e. The van der Waals surface area contributed by atoms with Gasteiger partial charge in [-0.1, -0.05) is 36.4 Å². The lowest BCUT2D eigenvalue weighted by Gasteiger charge is -2.25. The summed E-state index contributed by atoms with van der Waals surface area (Å²) in [5.41, 5.74) is 1.02. The van der Waals surface area contributed by atoms with E-state index in [2.05, 4.69) is 0 Å². The van der Waals surface area contributed by atoms with Crippen LogP contribution in [0.15, 0.2) is 72.8 Å². The normalized spacial score (nSPS) is 10.9.